The molecule has 0 bridgehead atoms. The lowest BCUT2D eigenvalue weighted by Crippen LogP contribution is -2.50. The molecule has 4 aliphatic heterocycles. The largest absolute Gasteiger partial charge is 0.508 e. The molecule has 2 fully saturated rings. The highest BCUT2D eigenvalue weighted by Gasteiger charge is 2.36. The summed E-state index contributed by atoms with van der Waals surface area (Å²) >= 11 is 0. The van der Waals surface area contributed by atoms with Crippen LogP contribution in [0.5, 0.6) is 11.5 Å². The maximum Gasteiger partial charge on any atom is 0.264 e. The Kier molecular flexibility index (Phi) is 14.5. The van der Waals surface area contributed by atoms with Crippen LogP contribution in [0, 0.1) is 36.9 Å². The fourth-order valence-electron chi connectivity index (χ4n) is 11.3. The second kappa shape index (κ2) is 21.3. The summed E-state index contributed by atoms with van der Waals surface area (Å²) in [6, 6.07) is 29.2. The van der Waals surface area contributed by atoms with E-state index < -0.39 is 5.82 Å². The highest BCUT2D eigenvalue weighted by molar-refractivity contribution is 6.13. The van der Waals surface area contributed by atoms with Gasteiger partial charge < -0.3 is 38.4 Å². The zero-order valence-electron chi connectivity index (χ0n) is 43.1. The van der Waals surface area contributed by atoms with Gasteiger partial charge >= 0.3 is 0 Å². The van der Waals surface area contributed by atoms with Gasteiger partial charge in [0.05, 0.1) is 30.9 Å². The number of hydrogen-bond donors (Lipinski definition) is 1. The van der Waals surface area contributed by atoms with Gasteiger partial charge in [0.15, 0.2) is 0 Å². The molecule has 0 spiro atoms. The van der Waals surface area contributed by atoms with Crippen molar-refractivity contribution in [1.82, 2.24) is 28.7 Å². The van der Waals surface area contributed by atoms with Crippen molar-refractivity contribution >= 4 is 29.1 Å². The Hall–Kier alpha value is -7.25. The van der Waals surface area contributed by atoms with Crippen molar-refractivity contribution in [2.24, 2.45) is 20.0 Å². The van der Waals surface area contributed by atoms with Gasteiger partial charge in [0.25, 0.3) is 11.8 Å². The Morgan fingerprint density at radius 3 is 2.32 bits per heavy atom. The Balaban J connectivity index is 0.993. The predicted octanol–water partition coefficient (Wildman–Crippen LogP) is 8.09. The third-order valence-corrected chi connectivity index (χ3v) is 15.9. The minimum atomic E-state index is -0.495. The summed E-state index contributed by atoms with van der Waals surface area (Å²) in [5.74, 6) is -0.136. The van der Waals surface area contributed by atoms with Gasteiger partial charge in [-0.25, -0.2) is 4.39 Å². The number of halogens is 1. The lowest BCUT2D eigenvalue weighted by atomic mass is 9.89. The number of phenolic OH excluding ortho intramolecular Hbond substituents is 1. The summed E-state index contributed by atoms with van der Waals surface area (Å²) in [6.07, 6.45) is 2.22. The maximum absolute atomic E-state index is 15.8. The van der Waals surface area contributed by atoms with Crippen LogP contribution in [-0.2, 0) is 56.0 Å². The zero-order chi connectivity index (χ0) is 51.8. The zero-order valence-corrected chi connectivity index (χ0v) is 43.1. The van der Waals surface area contributed by atoms with E-state index in [-0.39, 0.29) is 48.0 Å². The molecule has 10 rings (SSSR count). The molecule has 2 atom stereocenters. The second-order valence-electron chi connectivity index (χ2n) is 20.6. The van der Waals surface area contributed by atoms with Gasteiger partial charge in [-0.1, -0.05) is 37.3 Å². The van der Waals surface area contributed by atoms with E-state index in [1.54, 1.807) is 51.7 Å². The SMILES string of the molecule is Cc1c(N(C(=O)c2cc(-c3cc4c(cc3C(=O)N3Cc5ccccc5C[C@H]3CN3CC[C@@H](C)C3)CN(C(=O)Cc3ccc(OCCN5CCOCC5)cc3F)CC4)n(C)c2C)c2ccc(O)cc2)cc(C#N)n1C. The van der Waals surface area contributed by atoms with E-state index in [1.807, 2.05) is 48.6 Å². The van der Waals surface area contributed by atoms with E-state index >= 15 is 14.0 Å². The number of carbonyl (C=O) groups is 3. The molecule has 0 unspecified atom stereocenters. The van der Waals surface area contributed by atoms with Gasteiger partial charge in [-0.3, -0.25) is 24.2 Å². The number of fused-ring (bicyclic) bond motifs is 2. The molecule has 2 aromatic heterocycles. The van der Waals surface area contributed by atoms with E-state index in [2.05, 4.69) is 47.1 Å². The number of rotatable bonds is 13. The van der Waals surface area contributed by atoms with Crippen LogP contribution in [0.1, 0.15) is 79.0 Å². The molecule has 3 amide bonds. The van der Waals surface area contributed by atoms with Gasteiger partial charge in [0, 0.05) is 112 Å². The number of nitriles is 1. The average Bonchev–Trinajstić information content (AvgIpc) is 4.05. The molecule has 6 aromatic rings. The molecular weight excluding hydrogens is 936 g/mol. The van der Waals surface area contributed by atoms with Crippen LogP contribution in [0.4, 0.5) is 15.8 Å². The van der Waals surface area contributed by atoms with Crippen molar-refractivity contribution in [2.45, 2.75) is 65.6 Å². The van der Waals surface area contributed by atoms with Crippen molar-refractivity contribution in [2.75, 3.05) is 70.5 Å². The normalized spacial score (nSPS) is 18.0. The number of aromatic nitrogens is 2. The standard InChI is InChI=1S/C59H65FN8O6/c1-38-16-18-65(34-38)37-48-26-41-8-6-7-9-44(41)36-67(48)58(71)53-28-45-35-66(57(70)29-43-10-15-50(31-54(43)60)74-25-22-64-20-23-73-24-21-64)19-17-42(45)27-52(53)56-32-51(39(2)63(56)5)59(72)68(46-11-13-49(69)14-12-46)55-30-47(33-61)62(4)40(55)3/h6-15,27-28,30-32,38,48,69H,16-26,29,34-37H2,1-5H3/t38-,48+/m1/s1. The molecule has 4 aromatic carbocycles. The third-order valence-electron chi connectivity index (χ3n) is 15.9. The smallest absolute Gasteiger partial charge is 0.264 e. The highest BCUT2D eigenvalue weighted by atomic mass is 19.1. The molecule has 0 saturated carbocycles. The lowest BCUT2D eigenvalue weighted by Gasteiger charge is -2.39. The van der Waals surface area contributed by atoms with Crippen LogP contribution in [0.2, 0.25) is 0 Å². The minimum absolute atomic E-state index is 0.0498. The van der Waals surface area contributed by atoms with Crippen LogP contribution in [0.3, 0.4) is 0 Å². The van der Waals surface area contributed by atoms with Crippen LogP contribution < -0.4 is 9.64 Å². The van der Waals surface area contributed by atoms with E-state index in [4.69, 9.17) is 9.47 Å². The molecule has 384 valence electrons. The first-order valence-electron chi connectivity index (χ1n) is 25.9. The molecule has 15 heteroatoms. The summed E-state index contributed by atoms with van der Waals surface area (Å²) in [5, 5.41) is 20.2. The molecule has 74 heavy (non-hydrogen) atoms. The molecule has 4 aliphatic rings. The fourth-order valence-corrected chi connectivity index (χ4v) is 11.3. The third kappa shape index (κ3) is 10.2. The minimum Gasteiger partial charge on any atom is -0.508 e. The van der Waals surface area contributed by atoms with Crippen LogP contribution in [0.25, 0.3) is 11.3 Å². The fraction of sp³-hybridized carbons (Fsp3) is 0.390. The lowest BCUT2D eigenvalue weighted by molar-refractivity contribution is -0.131. The Morgan fingerprint density at radius 2 is 1.61 bits per heavy atom. The first kappa shape index (κ1) is 50.3. The summed E-state index contributed by atoms with van der Waals surface area (Å²) in [7, 11) is 3.69. The first-order valence-corrected chi connectivity index (χ1v) is 25.9. The number of aromatic hydroxyl groups is 1. The summed E-state index contributed by atoms with van der Waals surface area (Å²) in [5.41, 5.74) is 9.49. The van der Waals surface area contributed by atoms with Crippen molar-refractivity contribution in [3.8, 4) is 28.8 Å². The van der Waals surface area contributed by atoms with Gasteiger partial charge in [-0.2, -0.15) is 5.26 Å². The van der Waals surface area contributed by atoms with Gasteiger partial charge in [-0.15, -0.1) is 0 Å². The Morgan fingerprint density at radius 1 is 0.838 bits per heavy atom. The van der Waals surface area contributed by atoms with Crippen molar-refractivity contribution < 1.29 is 33.4 Å². The molecule has 0 aliphatic carbocycles. The van der Waals surface area contributed by atoms with Crippen molar-refractivity contribution in [3.05, 3.63) is 153 Å². The Labute approximate surface area is 432 Å². The van der Waals surface area contributed by atoms with Crippen LogP contribution in [-0.4, -0.2) is 123 Å². The number of benzene rings is 4. The summed E-state index contributed by atoms with van der Waals surface area (Å²) in [6.45, 7) is 14.0. The molecule has 1 N–H and O–H groups in total. The Bertz CT molecular complexity index is 3150. The molecule has 14 nitrogen and oxygen atoms in total. The molecule has 2 saturated heterocycles. The number of hydrogen-bond acceptors (Lipinski definition) is 9. The van der Waals surface area contributed by atoms with E-state index in [1.165, 1.54) is 23.8 Å². The summed E-state index contributed by atoms with van der Waals surface area (Å²) < 4.78 is 30.6. The number of carbonyl (C=O) groups excluding carboxylic acids is 3. The van der Waals surface area contributed by atoms with Crippen molar-refractivity contribution in [1.29, 1.82) is 5.26 Å². The highest BCUT2D eigenvalue weighted by Crippen LogP contribution is 2.39. The first-order chi connectivity index (χ1) is 35.7. The van der Waals surface area contributed by atoms with Crippen molar-refractivity contribution in [3.63, 3.8) is 0 Å². The van der Waals surface area contributed by atoms with Gasteiger partial charge in [0.2, 0.25) is 5.91 Å². The van der Waals surface area contributed by atoms with E-state index in [0.717, 1.165) is 62.3 Å². The number of ether oxygens (including phenoxy) is 2. The van der Waals surface area contributed by atoms with Gasteiger partial charge in [-0.05, 0) is 128 Å². The monoisotopic (exact) mass is 1000 g/mol. The number of nitrogens with zero attached hydrogens (tertiary/aromatic N) is 8. The number of likely N-dealkylation sites (tertiary alicyclic amines) is 1. The number of anilines is 2. The second-order valence-corrected chi connectivity index (χ2v) is 20.6. The molecular formula is C59H65FN8O6. The number of phenols is 1. The van der Waals surface area contributed by atoms with Crippen LogP contribution in [0.15, 0.2) is 91.0 Å². The topological polar surface area (TPSA) is 140 Å². The quantitative estimate of drug-likeness (QED) is 0.122. The number of morpholine rings is 1. The predicted molar refractivity (Wildman–Crippen MR) is 281 cm³/mol. The maximum atomic E-state index is 15.8. The molecule has 6 heterocycles. The van der Waals surface area contributed by atoms with Gasteiger partial charge in [0.1, 0.15) is 35.7 Å². The van der Waals surface area contributed by atoms with E-state index in [9.17, 15) is 15.2 Å². The molecule has 0 radical (unpaired) electrons. The average molecular weight is 1000 g/mol. The number of amides is 3. The summed E-state index contributed by atoms with van der Waals surface area (Å²) in [4.78, 5) is 55.2. The van der Waals surface area contributed by atoms with E-state index in [0.29, 0.717) is 108 Å². The van der Waals surface area contributed by atoms with Crippen LogP contribution >= 0.6 is 0 Å².